The Kier molecular flexibility index (Phi) is 10.7. The Bertz CT molecular complexity index is 1780. The number of ether oxygens (including phenoxy) is 2. The van der Waals surface area contributed by atoms with Gasteiger partial charge < -0.3 is 19.9 Å². The number of halogens is 1. The summed E-state index contributed by atoms with van der Waals surface area (Å²) in [5.74, 6) is -0.745. The number of carboxylic acid groups (broad SMARTS) is 1. The van der Waals surface area contributed by atoms with E-state index < -0.39 is 30.1 Å². The smallest absolute Gasteiger partial charge is 0.410 e. The molecule has 1 heterocycles. The van der Waals surface area contributed by atoms with Gasteiger partial charge >= 0.3 is 12.1 Å². The molecule has 0 saturated carbocycles. The lowest BCUT2D eigenvalue weighted by Crippen LogP contribution is -2.56. The standard InChI is InChI=1S/C40H43FN2O6/c1-25(2)24-48-39(47)43-23-30-21-34(49-33-18-13-31(14-19-33)40(3,4)5)17-12-29(30)22-36(43)37(44)42-35(38(45)46)20-26-6-8-27(9-7-26)28-10-15-32(41)16-11-28/h6-19,21,25,35-36H,20,22-24H2,1-5H3,(H,42,44)(H,45,46). The summed E-state index contributed by atoms with van der Waals surface area (Å²) < 4.78 is 25.0. The molecule has 2 atom stereocenters. The lowest BCUT2D eigenvalue weighted by atomic mass is 9.87. The number of rotatable bonds is 10. The van der Waals surface area contributed by atoms with Gasteiger partial charge in [0.15, 0.2) is 0 Å². The van der Waals surface area contributed by atoms with Crippen molar-refractivity contribution in [1.82, 2.24) is 10.2 Å². The van der Waals surface area contributed by atoms with Gasteiger partial charge in [0.25, 0.3) is 0 Å². The molecule has 0 saturated heterocycles. The molecule has 2 amide bonds. The highest BCUT2D eigenvalue weighted by atomic mass is 19.1. The number of nitrogens with zero attached hydrogens (tertiary/aromatic N) is 1. The molecule has 8 nitrogen and oxygen atoms in total. The summed E-state index contributed by atoms with van der Waals surface area (Å²) in [7, 11) is 0. The number of aliphatic carboxylic acids is 1. The molecule has 1 aliphatic heterocycles. The summed E-state index contributed by atoms with van der Waals surface area (Å²) in [5.41, 5.74) is 5.24. The molecule has 0 radical (unpaired) electrons. The van der Waals surface area contributed by atoms with Crippen molar-refractivity contribution in [3.05, 3.63) is 119 Å². The van der Waals surface area contributed by atoms with Gasteiger partial charge in [0, 0.05) is 12.8 Å². The average molecular weight is 667 g/mol. The molecule has 4 aromatic carbocycles. The van der Waals surface area contributed by atoms with E-state index in [0.717, 1.165) is 22.3 Å². The number of benzene rings is 4. The SMILES string of the molecule is CC(C)COC(=O)N1Cc2cc(Oc3ccc(C(C)(C)C)cc3)ccc2CC1C(=O)NC(Cc1ccc(-c2ccc(F)cc2)cc1)C(=O)O. The molecular weight excluding hydrogens is 623 g/mol. The van der Waals surface area contributed by atoms with Gasteiger partial charge in [-0.05, 0) is 81.1 Å². The number of carboxylic acids is 1. The quantitative estimate of drug-likeness (QED) is 0.178. The van der Waals surface area contributed by atoms with Crippen LogP contribution in [0, 0.1) is 11.7 Å². The summed E-state index contributed by atoms with van der Waals surface area (Å²) in [6, 6.07) is 24.6. The topological polar surface area (TPSA) is 105 Å². The van der Waals surface area contributed by atoms with E-state index in [1.807, 2.05) is 68.4 Å². The van der Waals surface area contributed by atoms with Crippen LogP contribution in [-0.4, -0.2) is 46.7 Å². The Labute approximate surface area is 286 Å². The van der Waals surface area contributed by atoms with Crippen LogP contribution in [0.4, 0.5) is 9.18 Å². The van der Waals surface area contributed by atoms with Crippen molar-refractivity contribution in [3.63, 3.8) is 0 Å². The Morgan fingerprint density at radius 3 is 2.08 bits per heavy atom. The fourth-order valence-corrected chi connectivity index (χ4v) is 5.71. The highest BCUT2D eigenvalue weighted by molar-refractivity contribution is 5.90. The van der Waals surface area contributed by atoms with Crippen LogP contribution in [0.3, 0.4) is 0 Å². The van der Waals surface area contributed by atoms with E-state index in [-0.39, 0.29) is 43.1 Å². The molecule has 0 aliphatic carbocycles. The van der Waals surface area contributed by atoms with E-state index in [9.17, 15) is 23.9 Å². The predicted molar refractivity (Wildman–Crippen MR) is 186 cm³/mol. The second-order valence-corrected chi connectivity index (χ2v) is 13.9. The first-order valence-electron chi connectivity index (χ1n) is 16.5. The maximum absolute atomic E-state index is 13.8. The van der Waals surface area contributed by atoms with E-state index in [0.29, 0.717) is 17.1 Å². The van der Waals surface area contributed by atoms with Crippen molar-refractivity contribution in [2.24, 2.45) is 5.92 Å². The number of hydrogen-bond donors (Lipinski definition) is 2. The summed E-state index contributed by atoms with van der Waals surface area (Å²) in [5, 5.41) is 12.7. The molecule has 2 N–H and O–H groups in total. The van der Waals surface area contributed by atoms with E-state index in [2.05, 4.69) is 26.1 Å². The molecule has 256 valence electrons. The monoisotopic (exact) mass is 666 g/mol. The van der Waals surface area contributed by atoms with Crippen LogP contribution in [0.1, 0.15) is 56.9 Å². The summed E-state index contributed by atoms with van der Waals surface area (Å²) >= 11 is 0. The normalized spacial score (nSPS) is 14.9. The van der Waals surface area contributed by atoms with Crippen LogP contribution < -0.4 is 10.1 Å². The summed E-state index contributed by atoms with van der Waals surface area (Å²) in [6.07, 6.45) is -0.438. The Balaban J connectivity index is 1.32. The number of amides is 2. The van der Waals surface area contributed by atoms with Gasteiger partial charge in [0.05, 0.1) is 13.2 Å². The molecule has 9 heteroatoms. The van der Waals surface area contributed by atoms with Gasteiger partial charge in [-0.3, -0.25) is 9.69 Å². The zero-order valence-corrected chi connectivity index (χ0v) is 28.5. The largest absolute Gasteiger partial charge is 0.480 e. The van der Waals surface area contributed by atoms with E-state index >= 15 is 0 Å². The zero-order chi connectivity index (χ0) is 35.3. The average Bonchev–Trinajstić information content (AvgIpc) is 3.06. The molecule has 2 unspecified atom stereocenters. The van der Waals surface area contributed by atoms with E-state index in [1.54, 1.807) is 24.3 Å². The second kappa shape index (κ2) is 14.9. The van der Waals surface area contributed by atoms with Gasteiger partial charge in [-0.1, -0.05) is 89.2 Å². The summed E-state index contributed by atoms with van der Waals surface area (Å²) in [6.45, 7) is 10.6. The number of fused-ring (bicyclic) bond motifs is 1. The van der Waals surface area contributed by atoms with E-state index in [1.165, 1.54) is 22.6 Å². The molecule has 0 aromatic heterocycles. The van der Waals surface area contributed by atoms with Crippen LogP contribution in [-0.2, 0) is 39.1 Å². The highest BCUT2D eigenvalue weighted by Gasteiger charge is 2.37. The molecule has 0 bridgehead atoms. The minimum absolute atomic E-state index is 0.0170. The van der Waals surface area contributed by atoms with Gasteiger partial charge in [-0.25, -0.2) is 14.0 Å². The van der Waals surface area contributed by atoms with Crippen LogP contribution in [0.25, 0.3) is 11.1 Å². The first-order valence-corrected chi connectivity index (χ1v) is 16.5. The zero-order valence-electron chi connectivity index (χ0n) is 28.5. The molecule has 1 aliphatic rings. The van der Waals surface area contributed by atoms with Crippen LogP contribution in [0.5, 0.6) is 11.5 Å². The van der Waals surface area contributed by atoms with Crippen molar-refractivity contribution in [2.45, 2.75) is 71.5 Å². The predicted octanol–water partition coefficient (Wildman–Crippen LogP) is 7.91. The molecule has 5 rings (SSSR count). The molecule has 4 aromatic rings. The lowest BCUT2D eigenvalue weighted by Gasteiger charge is -2.36. The van der Waals surface area contributed by atoms with Crippen molar-refractivity contribution >= 4 is 18.0 Å². The minimum atomic E-state index is -1.24. The third-order valence-electron chi connectivity index (χ3n) is 8.53. The second-order valence-electron chi connectivity index (χ2n) is 13.9. The number of nitrogens with one attached hydrogen (secondary N) is 1. The first kappa shape index (κ1) is 35.1. The first-order chi connectivity index (χ1) is 23.3. The number of carbonyl (C=O) groups is 3. The highest BCUT2D eigenvalue weighted by Crippen LogP contribution is 2.32. The third-order valence-corrected chi connectivity index (χ3v) is 8.53. The molecular formula is C40H43FN2O6. The van der Waals surface area contributed by atoms with Gasteiger partial charge in [-0.2, -0.15) is 0 Å². The molecule has 0 spiro atoms. The van der Waals surface area contributed by atoms with Crippen molar-refractivity contribution < 1.29 is 33.4 Å². The van der Waals surface area contributed by atoms with Gasteiger partial charge in [-0.15, -0.1) is 0 Å². The Morgan fingerprint density at radius 1 is 0.878 bits per heavy atom. The van der Waals surface area contributed by atoms with Crippen LogP contribution in [0.15, 0.2) is 91.0 Å². The number of carbonyl (C=O) groups excluding carboxylic acids is 2. The van der Waals surface area contributed by atoms with Crippen LogP contribution >= 0.6 is 0 Å². The third kappa shape index (κ3) is 9.04. The lowest BCUT2D eigenvalue weighted by molar-refractivity contribution is -0.142. The van der Waals surface area contributed by atoms with Crippen molar-refractivity contribution in [2.75, 3.05) is 6.61 Å². The Hall–Kier alpha value is -5.18. The van der Waals surface area contributed by atoms with Crippen LogP contribution in [0.2, 0.25) is 0 Å². The molecule has 49 heavy (non-hydrogen) atoms. The Morgan fingerprint density at radius 2 is 1.49 bits per heavy atom. The maximum Gasteiger partial charge on any atom is 0.410 e. The maximum atomic E-state index is 13.8. The van der Waals surface area contributed by atoms with Gasteiger partial charge in [0.2, 0.25) is 5.91 Å². The minimum Gasteiger partial charge on any atom is -0.480 e. The fraction of sp³-hybridized carbons (Fsp3) is 0.325. The number of hydrogen-bond acceptors (Lipinski definition) is 5. The van der Waals surface area contributed by atoms with Gasteiger partial charge in [0.1, 0.15) is 29.4 Å². The summed E-state index contributed by atoms with van der Waals surface area (Å²) in [4.78, 5) is 40.8. The van der Waals surface area contributed by atoms with Crippen molar-refractivity contribution in [1.29, 1.82) is 0 Å². The fourth-order valence-electron chi connectivity index (χ4n) is 5.71. The van der Waals surface area contributed by atoms with E-state index in [4.69, 9.17) is 9.47 Å². The van der Waals surface area contributed by atoms with Crippen molar-refractivity contribution in [3.8, 4) is 22.6 Å². The molecule has 0 fully saturated rings.